The number of nitrogens with one attached hydrogen (secondary N) is 2. The summed E-state index contributed by atoms with van der Waals surface area (Å²) in [7, 11) is 0. The van der Waals surface area contributed by atoms with E-state index < -0.39 is 0 Å². The summed E-state index contributed by atoms with van der Waals surface area (Å²) in [6.45, 7) is 4.94. The first-order valence-corrected chi connectivity index (χ1v) is 6.27. The van der Waals surface area contributed by atoms with Crippen molar-refractivity contribution < 1.29 is 4.79 Å². The van der Waals surface area contributed by atoms with E-state index in [4.69, 9.17) is 0 Å². The Hall–Kier alpha value is -0.570. The monoisotopic (exact) mass is 212 g/mol. The highest BCUT2D eigenvalue weighted by Gasteiger charge is 2.21. The summed E-state index contributed by atoms with van der Waals surface area (Å²) in [5, 5.41) is 6.31. The van der Waals surface area contributed by atoms with Crippen LogP contribution in [-0.2, 0) is 4.79 Å². The maximum atomic E-state index is 11.6. The molecule has 1 unspecified atom stereocenters. The van der Waals surface area contributed by atoms with E-state index in [9.17, 15) is 4.79 Å². The third kappa shape index (κ3) is 4.65. The van der Waals surface area contributed by atoms with Crippen LogP contribution in [0.2, 0.25) is 0 Å². The normalized spacial score (nSPS) is 18.3. The highest BCUT2D eigenvalue weighted by Crippen LogP contribution is 2.18. The Morgan fingerprint density at radius 3 is 2.67 bits per heavy atom. The Bertz CT molecular complexity index is 190. The van der Waals surface area contributed by atoms with Crippen molar-refractivity contribution in [2.24, 2.45) is 0 Å². The standard InChI is InChI=1S/C12H24N2O/c1-3-4-5-9-13-12(15)10(2)14-11-7-6-8-11/h10-11,14H,3-9H2,1-2H3,(H,13,15). The van der Waals surface area contributed by atoms with Gasteiger partial charge in [-0.15, -0.1) is 0 Å². The van der Waals surface area contributed by atoms with Crippen LogP contribution in [0.3, 0.4) is 0 Å². The zero-order valence-corrected chi connectivity index (χ0v) is 10.0. The Morgan fingerprint density at radius 2 is 2.13 bits per heavy atom. The molecule has 3 nitrogen and oxygen atoms in total. The lowest BCUT2D eigenvalue weighted by atomic mass is 9.92. The van der Waals surface area contributed by atoms with E-state index in [0.717, 1.165) is 13.0 Å². The van der Waals surface area contributed by atoms with Crippen LogP contribution < -0.4 is 10.6 Å². The van der Waals surface area contributed by atoms with Crippen LogP contribution >= 0.6 is 0 Å². The number of carbonyl (C=O) groups is 1. The van der Waals surface area contributed by atoms with Crippen molar-refractivity contribution in [3.05, 3.63) is 0 Å². The van der Waals surface area contributed by atoms with Crippen molar-refractivity contribution in [2.45, 2.75) is 64.5 Å². The number of carbonyl (C=O) groups excluding carboxylic acids is 1. The summed E-state index contributed by atoms with van der Waals surface area (Å²) in [5.74, 6) is 0.151. The molecule has 0 radical (unpaired) electrons. The van der Waals surface area contributed by atoms with Crippen LogP contribution in [0.5, 0.6) is 0 Å². The predicted molar refractivity (Wildman–Crippen MR) is 62.8 cm³/mol. The van der Waals surface area contributed by atoms with Gasteiger partial charge in [0.05, 0.1) is 6.04 Å². The van der Waals surface area contributed by atoms with Crippen LogP contribution in [0.25, 0.3) is 0 Å². The highest BCUT2D eigenvalue weighted by atomic mass is 16.2. The lowest BCUT2D eigenvalue weighted by Crippen LogP contribution is -2.48. The molecule has 1 rings (SSSR count). The van der Waals surface area contributed by atoms with Crippen molar-refractivity contribution in [3.63, 3.8) is 0 Å². The fourth-order valence-electron chi connectivity index (χ4n) is 1.74. The van der Waals surface area contributed by atoms with E-state index in [2.05, 4.69) is 17.6 Å². The molecule has 3 heteroatoms. The van der Waals surface area contributed by atoms with Gasteiger partial charge >= 0.3 is 0 Å². The van der Waals surface area contributed by atoms with Crippen molar-refractivity contribution in [1.29, 1.82) is 0 Å². The molecule has 0 bridgehead atoms. The van der Waals surface area contributed by atoms with E-state index >= 15 is 0 Å². The molecular formula is C12H24N2O. The lowest BCUT2D eigenvalue weighted by Gasteiger charge is -2.29. The zero-order chi connectivity index (χ0) is 11.1. The molecule has 0 aromatic carbocycles. The molecule has 1 saturated carbocycles. The van der Waals surface area contributed by atoms with Crippen LogP contribution in [0.15, 0.2) is 0 Å². The Kier molecular flexibility index (Phi) is 5.69. The zero-order valence-electron chi connectivity index (χ0n) is 10.0. The van der Waals surface area contributed by atoms with Crippen molar-refractivity contribution >= 4 is 5.91 Å². The van der Waals surface area contributed by atoms with Gasteiger partial charge in [0.2, 0.25) is 5.91 Å². The van der Waals surface area contributed by atoms with Crippen molar-refractivity contribution in [2.75, 3.05) is 6.54 Å². The van der Waals surface area contributed by atoms with Crippen LogP contribution in [0.1, 0.15) is 52.4 Å². The summed E-state index contributed by atoms with van der Waals surface area (Å²) >= 11 is 0. The van der Waals surface area contributed by atoms with Gasteiger partial charge < -0.3 is 10.6 Å². The van der Waals surface area contributed by atoms with Gasteiger partial charge in [-0.05, 0) is 26.2 Å². The topological polar surface area (TPSA) is 41.1 Å². The van der Waals surface area contributed by atoms with Crippen LogP contribution in [0, 0.1) is 0 Å². The minimum Gasteiger partial charge on any atom is -0.355 e. The molecule has 88 valence electrons. The van der Waals surface area contributed by atoms with E-state index in [1.165, 1.54) is 32.1 Å². The molecular weight excluding hydrogens is 188 g/mol. The lowest BCUT2D eigenvalue weighted by molar-refractivity contribution is -0.123. The van der Waals surface area contributed by atoms with Gasteiger partial charge in [-0.1, -0.05) is 26.2 Å². The van der Waals surface area contributed by atoms with Crippen LogP contribution in [-0.4, -0.2) is 24.5 Å². The summed E-state index contributed by atoms with van der Waals surface area (Å²) < 4.78 is 0. The van der Waals surface area contributed by atoms with Gasteiger partial charge in [-0.3, -0.25) is 4.79 Å². The molecule has 0 aliphatic heterocycles. The molecule has 0 heterocycles. The highest BCUT2D eigenvalue weighted by molar-refractivity contribution is 5.81. The average Bonchev–Trinajstić information content (AvgIpc) is 2.17. The number of amides is 1. The molecule has 1 fully saturated rings. The number of hydrogen-bond acceptors (Lipinski definition) is 2. The third-order valence-electron chi connectivity index (χ3n) is 3.06. The fourth-order valence-corrected chi connectivity index (χ4v) is 1.74. The largest absolute Gasteiger partial charge is 0.355 e. The maximum absolute atomic E-state index is 11.6. The molecule has 2 N–H and O–H groups in total. The Labute approximate surface area is 93.0 Å². The first kappa shape index (κ1) is 12.5. The summed E-state index contributed by atoms with van der Waals surface area (Å²) in [4.78, 5) is 11.6. The first-order chi connectivity index (χ1) is 7.24. The second-order valence-corrected chi connectivity index (χ2v) is 4.51. The molecule has 0 saturated heterocycles. The minimum atomic E-state index is -0.0306. The molecule has 1 aliphatic rings. The molecule has 0 aromatic heterocycles. The van der Waals surface area contributed by atoms with Gasteiger partial charge in [0.25, 0.3) is 0 Å². The van der Waals surface area contributed by atoms with Crippen molar-refractivity contribution in [3.8, 4) is 0 Å². The van der Waals surface area contributed by atoms with Crippen LogP contribution in [0.4, 0.5) is 0 Å². The molecule has 1 amide bonds. The molecule has 0 aromatic rings. The fraction of sp³-hybridized carbons (Fsp3) is 0.917. The van der Waals surface area contributed by atoms with Gasteiger partial charge in [0.1, 0.15) is 0 Å². The first-order valence-electron chi connectivity index (χ1n) is 6.27. The number of unbranched alkanes of at least 4 members (excludes halogenated alkanes) is 2. The molecule has 15 heavy (non-hydrogen) atoms. The number of rotatable bonds is 7. The maximum Gasteiger partial charge on any atom is 0.236 e. The predicted octanol–water partition coefficient (Wildman–Crippen LogP) is 1.82. The molecule has 0 spiro atoms. The van der Waals surface area contributed by atoms with Gasteiger partial charge in [0.15, 0.2) is 0 Å². The SMILES string of the molecule is CCCCCNC(=O)C(C)NC1CCC1. The van der Waals surface area contributed by atoms with Gasteiger partial charge in [0, 0.05) is 12.6 Å². The van der Waals surface area contributed by atoms with Gasteiger partial charge in [-0.25, -0.2) is 0 Å². The van der Waals surface area contributed by atoms with E-state index in [1.807, 2.05) is 6.92 Å². The average molecular weight is 212 g/mol. The van der Waals surface area contributed by atoms with Crippen molar-refractivity contribution in [1.82, 2.24) is 10.6 Å². The van der Waals surface area contributed by atoms with Gasteiger partial charge in [-0.2, -0.15) is 0 Å². The quantitative estimate of drug-likeness (QED) is 0.632. The smallest absolute Gasteiger partial charge is 0.236 e. The molecule has 1 aliphatic carbocycles. The Morgan fingerprint density at radius 1 is 1.40 bits per heavy atom. The Balaban J connectivity index is 2.04. The second kappa shape index (κ2) is 6.83. The summed E-state index contributed by atoms with van der Waals surface area (Å²) in [6.07, 6.45) is 7.26. The van der Waals surface area contributed by atoms with E-state index in [0.29, 0.717) is 6.04 Å². The molecule has 1 atom stereocenters. The minimum absolute atomic E-state index is 0.0306. The second-order valence-electron chi connectivity index (χ2n) is 4.51. The third-order valence-corrected chi connectivity index (χ3v) is 3.06. The summed E-state index contributed by atoms with van der Waals surface area (Å²) in [5.41, 5.74) is 0. The van der Waals surface area contributed by atoms with E-state index in [-0.39, 0.29) is 11.9 Å². The number of hydrogen-bond donors (Lipinski definition) is 2. The summed E-state index contributed by atoms with van der Waals surface area (Å²) in [6, 6.07) is 0.554. The van der Waals surface area contributed by atoms with E-state index in [1.54, 1.807) is 0 Å².